The maximum absolute atomic E-state index is 14.2. The summed E-state index contributed by atoms with van der Waals surface area (Å²) in [7, 11) is 1.32. The number of benzene rings is 2. The Morgan fingerprint density at radius 1 is 1.24 bits per heavy atom. The largest absolute Gasteiger partial charge is 0.465 e. The Labute approximate surface area is 170 Å². The lowest BCUT2D eigenvalue weighted by molar-refractivity contribution is 0.0598. The Morgan fingerprint density at radius 2 is 2.00 bits per heavy atom. The molecule has 29 heavy (non-hydrogen) atoms. The monoisotopic (exact) mass is 398 g/mol. The van der Waals surface area contributed by atoms with Crippen LogP contribution in [-0.2, 0) is 15.9 Å². The quantitative estimate of drug-likeness (QED) is 0.786. The van der Waals surface area contributed by atoms with Gasteiger partial charge in [0.25, 0.3) is 0 Å². The number of halogens is 1. The molecule has 1 unspecified atom stereocenters. The van der Waals surface area contributed by atoms with Crippen LogP contribution in [0.4, 0.5) is 15.8 Å². The summed E-state index contributed by atoms with van der Waals surface area (Å²) >= 11 is 0. The highest BCUT2D eigenvalue weighted by atomic mass is 19.1. The van der Waals surface area contributed by atoms with Crippen LogP contribution in [0.15, 0.2) is 36.4 Å². The number of anilines is 2. The molecule has 0 aliphatic carbocycles. The predicted molar refractivity (Wildman–Crippen MR) is 111 cm³/mol. The van der Waals surface area contributed by atoms with Crippen LogP contribution in [0, 0.1) is 11.2 Å². The highest BCUT2D eigenvalue weighted by Gasteiger charge is 2.38. The third-order valence-electron chi connectivity index (χ3n) is 5.91. The number of morpholine rings is 1. The molecule has 0 amide bonds. The molecule has 4 rings (SSSR count). The Bertz CT molecular complexity index is 922. The third kappa shape index (κ3) is 3.81. The molecular formula is C23H27FN2O3. The molecule has 6 heteroatoms. The molecule has 0 radical (unpaired) electrons. The molecule has 2 aliphatic heterocycles. The first-order valence-corrected chi connectivity index (χ1v) is 9.99. The molecule has 154 valence electrons. The number of carbonyl (C=O) groups is 1. The normalized spacial score (nSPS) is 20.6. The predicted octanol–water partition coefficient (Wildman–Crippen LogP) is 4.18. The number of hydrogen-bond donors (Lipinski definition) is 1. The smallest absolute Gasteiger partial charge is 0.338 e. The highest BCUT2D eigenvalue weighted by Crippen LogP contribution is 2.46. The molecule has 0 spiro atoms. The van der Waals surface area contributed by atoms with E-state index in [1.807, 2.05) is 0 Å². The van der Waals surface area contributed by atoms with Gasteiger partial charge < -0.3 is 19.7 Å². The van der Waals surface area contributed by atoms with Crippen LogP contribution >= 0.6 is 0 Å². The summed E-state index contributed by atoms with van der Waals surface area (Å²) in [6.45, 7) is 7.56. The SMILES string of the molecule is COC(=O)c1cc(F)cc2c1CC(C)(C)C(c1cccc(N3CCOCC3)c1)N2. The van der Waals surface area contributed by atoms with Crippen molar-refractivity contribution < 1.29 is 18.7 Å². The van der Waals surface area contributed by atoms with Gasteiger partial charge in [-0.2, -0.15) is 0 Å². The van der Waals surface area contributed by atoms with E-state index in [1.54, 1.807) is 0 Å². The van der Waals surface area contributed by atoms with E-state index in [0.29, 0.717) is 17.7 Å². The van der Waals surface area contributed by atoms with Crippen molar-refractivity contribution >= 4 is 17.3 Å². The van der Waals surface area contributed by atoms with Gasteiger partial charge in [-0.3, -0.25) is 0 Å². The summed E-state index contributed by atoms with van der Waals surface area (Å²) in [5, 5.41) is 3.50. The molecular weight excluding hydrogens is 371 g/mol. The maximum atomic E-state index is 14.2. The molecule has 2 aromatic carbocycles. The van der Waals surface area contributed by atoms with Gasteiger partial charge in [0.05, 0.1) is 31.9 Å². The number of nitrogens with one attached hydrogen (secondary N) is 1. The number of rotatable bonds is 3. The highest BCUT2D eigenvalue weighted by molar-refractivity contribution is 5.93. The summed E-state index contributed by atoms with van der Waals surface area (Å²) in [6.07, 6.45) is 0.645. The lowest BCUT2D eigenvalue weighted by Crippen LogP contribution is -2.37. The number of fused-ring (bicyclic) bond motifs is 1. The standard InChI is InChI=1S/C23H27FN2O3/c1-23(2)14-19-18(22(27)28-3)12-16(24)13-20(19)25-21(23)15-5-4-6-17(11-15)26-7-9-29-10-8-26/h4-6,11-13,21,25H,7-10,14H2,1-3H3. The fourth-order valence-electron chi connectivity index (χ4n) is 4.41. The molecule has 2 aliphatic rings. The summed E-state index contributed by atoms with van der Waals surface area (Å²) in [4.78, 5) is 14.5. The van der Waals surface area contributed by atoms with Crippen LogP contribution in [0.5, 0.6) is 0 Å². The fraction of sp³-hybridized carbons (Fsp3) is 0.435. The molecule has 2 aromatic rings. The average molecular weight is 398 g/mol. The third-order valence-corrected chi connectivity index (χ3v) is 5.91. The van der Waals surface area contributed by atoms with Gasteiger partial charge in [-0.25, -0.2) is 9.18 Å². The lowest BCUT2D eigenvalue weighted by Gasteiger charge is -2.42. The lowest BCUT2D eigenvalue weighted by atomic mass is 9.72. The first-order chi connectivity index (χ1) is 13.9. The van der Waals surface area contributed by atoms with E-state index < -0.39 is 11.8 Å². The van der Waals surface area contributed by atoms with Crippen LogP contribution in [0.3, 0.4) is 0 Å². The summed E-state index contributed by atoms with van der Waals surface area (Å²) < 4.78 is 24.5. The first kappa shape index (κ1) is 19.7. The Balaban J connectivity index is 1.70. The molecule has 1 saturated heterocycles. The second-order valence-electron chi connectivity index (χ2n) is 8.41. The zero-order valence-corrected chi connectivity index (χ0v) is 17.1. The van der Waals surface area contributed by atoms with Crippen molar-refractivity contribution in [3.63, 3.8) is 0 Å². The Kier molecular flexibility index (Phi) is 5.21. The minimum Gasteiger partial charge on any atom is -0.465 e. The number of nitrogens with zero attached hydrogens (tertiary/aromatic N) is 1. The number of methoxy groups -OCH3 is 1. The number of carbonyl (C=O) groups excluding carboxylic acids is 1. The van der Waals surface area contributed by atoms with E-state index >= 15 is 0 Å². The fourth-order valence-corrected chi connectivity index (χ4v) is 4.41. The van der Waals surface area contributed by atoms with Crippen LogP contribution in [0.2, 0.25) is 0 Å². The van der Waals surface area contributed by atoms with E-state index in [2.05, 4.69) is 48.3 Å². The summed E-state index contributed by atoms with van der Waals surface area (Å²) in [5.41, 5.74) is 3.90. The minimum atomic E-state index is -0.508. The van der Waals surface area contributed by atoms with E-state index in [-0.39, 0.29) is 11.5 Å². The zero-order chi connectivity index (χ0) is 20.6. The van der Waals surface area contributed by atoms with Gasteiger partial charge in [-0.1, -0.05) is 26.0 Å². The molecule has 0 bridgehead atoms. The first-order valence-electron chi connectivity index (χ1n) is 9.99. The van der Waals surface area contributed by atoms with E-state index in [1.165, 1.54) is 24.9 Å². The Hall–Kier alpha value is -2.60. The second-order valence-corrected chi connectivity index (χ2v) is 8.41. The van der Waals surface area contributed by atoms with E-state index in [4.69, 9.17) is 9.47 Å². The van der Waals surface area contributed by atoms with Crippen LogP contribution in [0.25, 0.3) is 0 Å². The van der Waals surface area contributed by atoms with E-state index in [9.17, 15) is 9.18 Å². The second kappa shape index (κ2) is 7.67. The molecule has 1 N–H and O–H groups in total. The zero-order valence-electron chi connectivity index (χ0n) is 17.1. The van der Waals surface area contributed by atoms with Gasteiger partial charge in [-0.05, 0) is 47.2 Å². The molecule has 0 aromatic heterocycles. The van der Waals surface area contributed by atoms with Crippen molar-refractivity contribution in [3.8, 4) is 0 Å². The van der Waals surface area contributed by atoms with Crippen molar-refractivity contribution in [3.05, 3.63) is 58.9 Å². The van der Waals surface area contributed by atoms with Gasteiger partial charge in [0.15, 0.2) is 0 Å². The van der Waals surface area contributed by atoms with Gasteiger partial charge >= 0.3 is 5.97 Å². The Morgan fingerprint density at radius 3 is 2.72 bits per heavy atom. The van der Waals surface area contributed by atoms with Gasteiger partial charge in [0.2, 0.25) is 0 Å². The van der Waals surface area contributed by atoms with Crippen molar-refractivity contribution in [1.82, 2.24) is 0 Å². The van der Waals surface area contributed by atoms with Gasteiger partial charge in [0.1, 0.15) is 5.82 Å². The molecule has 5 nitrogen and oxygen atoms in total. The number of ether oxygens (including phenoxy) is 2. The van der Waals surface area contributed by atoms with Crippen LogP contribution < -0.4 is 10.2 Å². The van der Waals surface area contributed by atoms with Crippen molar-refractivity contribution in [2.24, 2.45) is 5.41 Å². The number of esters is 1. The van der Waals surface area contributed by atoms with Crippen molar-refractivity contribution in [2.75, 3.05) is 43.6 Å². The maximum Gasteiger partial charge on any atom is 0.338 e. The van der Waals surface area contributed by atoms with Crippen LogP contribution in [-0.4, -0.2) is 39.4 Å². The van der Waals surface area contributed by atoms with E-state index in [0.717, 1.165) is 37.4 Å². The molecule has 1 fully saturated rings. The molecule has 0 saturated carbocycles. The summed E-state index contributed by atoms with van der Waals surface area (Å²) in [6, 6.07) is 11.2. The summed E-state index contributed by atoms with van der Waals surface area (Å²) in [5.74, 6) is -0.955. The average Bonchev–Trinajstić information content (AvgIpc) is 2.73. The minimum absolute atomic E-state index is 0.0108. The van der Waals surface area contributed by atoms with Gasteiger partial charge in [-0.15, -0.1) is 0 Å². The molecule has 1 atom stereocenters. The van der Waals surface area contributed by atoms with Crippen molar-refractivity contribution in [2.45, 2.75) is 26.3 Å². The topological polar surface area (TPSA) is 50.8 Å². The molecule has 2 heterocycles. The van der Waals surface area contributed by atoms with Crippen LogP contribution in [0.1, 0.15) is 41.4 Å². The number of hydrogen-bond acceptors (Lipinski definition) is 5. The van der Waals surface area contributed by atoms with Crippen molar-refractivity contribution in [1.29, 1.82) is 0 Å². The van der Waals surface area contributed by atoms with Gasteiger partial charge in [0, 0.05) is 24.5 Å².